The Morgan fingerprint density at radius 2 is 0.844 bits per heavy atom. The molecule has 0 spiro atoms. The van der Waals surface area contributed by atoms with E-state index in [1.165, 1.54) is 44.7 Å². The zero-order chi connectivity index (χ0) is 44.8. The van der Waals surface area contributed by atoms with Crippen LogP contribution in [-0.2, 0) is 19.2 Å². The molecule has 18 heteroatoms. The lowest BCUT2D eigenvalue weighted by molar-refractivity contribution is -0.140. The topological polar surface area (TPSA) is 101 Å². The molecule has 0 atom stereocenters. The summed E-state index contributed by atoms with van der Waals surface area (Å²) in [5, 5.41) is 9.21. The lowest BCUT2D eigenvalue weighted by Gasteiger charge is -2.26. The van der Waals surface area contributed by atoms with Crippen molar-refractivity contribution in [1.29, 1.82) is 0 Å². The molecule has 3 aliphatic heterocycles. The predicted molar refractivity (Wildman–Crippen MR) is 280 cm³/mol. The fourth-order valence-electron chi connectivity index (χ4n) is 6.78. The Kier molecular flexibility index (Phi) is 12.7. The number of carbonyl (C=O) groups is 4. The summed E-state index contributed by atoms with van der Waals surface area (Å²) in [4.78, 5) is 63.2. The van der Waals surface area contributed by atoms with Gasteiger partial charge in [-0.1, -0.05) is 108 Å². The lowest BCUT2D eigenvalue weighted by Crippen LogP contribution is -2.33. The van der Waals surface area contributed by atoms with E-state index in [2.05, 4.69) is 89.8 Å². The Morgan fingerprint density at radius 3 is 1.16 bits per heavy atom. The van der Waals surface area contributed by atoms with Gasteiger partial charge in [-0.05, 0) is 108 Å². The molecule has 1 N–H and O–H groups in total. The molecule has 9 nitrogen and oxygen atoms in total. The van der Waals surface area contributed by atoms with Crippen molar-refractivity contribution in [2.75, 3.05) is 25.5 Å². The maximum atomic E-state index is 12.9. The van der Waals surface area contributed by atoms with Crippen LogP contribution in [0.5, 0.6) is 0 Å². The van der Waals surface area contributed by atoms with Gasteiger partial charge in [-0.3, -0.25) is 33.9 Å². The number of thiophene rings is 3. The SMILES string of the molecule is CN1C(=O)/C(=C/c2ccc(-c3ccc(N(c4ccc(-c5ccc(/C=C6/SC(=S)N(C)C6=O)s5)cc4)c4ccc(-c5ccc(/C=C6/SC(=S)N(CC(=O)O)C6=O)s5)cc4)cc3)s2)SC1=S. The summed E-state index contributed by atoms with van der Waals surface area (Å²) in [7, 11) is 3.39. The van der Waals surface area contributed by atoms with E-state index < -0.39 is 18.4 Å². The molecular formula is C46H30N4O5S9. The average molecular weight is 1010 g/mol. The van der Waals surface area contributed by atoms with E-state index in [1.807, 2.05) is 36.4 Å². The molecule has 64 heavy (non-hydrogen) atoms. The van der Waals surface area contributed by atoms with E-state index in [-0.39, 0.29) is 16.1 Å². The fourth-order valence-corrected chi connectivity index (χ4v) is 13.5. The second-order valence-electron chi connectivity index (χ2n) is 14.2. The van der Waals surface area contributed by atoms with Gasteiger partial charge >= 0.3 is 5.97 Å². The molecule has 0 aliphatic carbocycles. The van der Waals surface area contributed by atoms with Crippen LogP contribution in [0.3, 0.4) is 0 Å². The first-order valence-corrected chi connectivity index (χ1v) is 25.2. The molecule has 0 saturated carbocycles. The molecule has 9 rings (SSSR count). The van der Waals surface area contributed by atoms with Crippen LogP contribution in [0, 0.1) is 0 Å². The van der Waals surface area contributed by atoms with Crippen molar-refractivity contribution in [3.63, 3.8) is 0 Å². The number of nitrogens with zero attached hydrogens (tertiary/aromatic N) is 4. The molecular weight excluding hydrogens is 977 g/mol. The molecule has 318 valence electrons. The number of rotatable bonds is 11. The van der Waals surface area contributed by atoms with Crippen LogP contribution < -0.4 is 4.90 Å². The van der Waals surface area contributed by atoms with Crippen molar-refractivity contribution in [1.82, 2.24) is 14.7 Å². The molecule has 3 aromatic heterocycles. The van der Waals surface area contributed by atoms with Crippen LogP contribution in [-0.4, -0.2) is 77.1 Å². The number of likely N-dealkylation sites (N-methyl/N-ethyl adjacent to an activating group) is 2. The molecule has 3 aliphatic rings. The number of benzene rings is 3. The van der Waals surface area contributed by atoms with E-state index >= 15 is 0 Å². The number of thioether (sulfide) groups is 3. The highest BCUT2D eigenvalue weighted by Gasteiger charge is 2.34. The van der Waals surface area contributed by atoms with Gasteiger partial charge in [0.2, 0.25) is 0 Å². The molecule has 6 aromatic rings. The molecule has 0 unspecified atom stereocenters. The highest BCUT2D eigenvalue weighted by molar-refractivity contribution is 8.27. The second kappa shape index (κ2) is 18.5. The first-order chi connectivity index (χ1) is 30.8. The third kappa shape index (κ3) is 9.11. The van der Waals surface area contributed by atoms with Crippen LogP contribution in [0.25, 0.3) is 49.5 Å². The van der Waals surface area contributed by atoms with E-state index in [9.17, 15) is 24.3 Å². The number of carboxylic acids is 1. The summed E-state index contributed by atoms with van der Waals surface area (Å²) in [6.07, 6.45) is 5.56. The number of aliphatic carboxylic acids is 1. The van der Waals surface area contributed by atoms with Gasteiger partial charge in [0.1, 0.15) is 19.5 Å². The third-order valence-electron chi connectivity index (χ3n) is 10.1. The molecule has 3 fully saturated rings. The number of anilines is 3. The van der Waals surface area contributed by atoms with Gasteiger partial charge in [0.25, 0.3) is 17.7 Å². The van der Waals surface area contributed by atoms with E-state index in [0.29, 0.717) is 23.4 Å². The smallest absolute Gasteiger partial charge is 0.323 e. The molecule has 3 saturated heterocycles. The minimum Gasteiger partial charge on any atom is -0.480 e. The quantitative estimate of drug-likeness (QED) is 0.0988. The lowest BCUT2D eigenvalue weighted by atomic mass is 10.1. The van der Waals surface area contributed by atoms with Gasteiger partial charge < -0.3 is 10.0 Å². The monoisotopic (exact) mass is 1010 g/mol. The Balaban J connectivity index is 0.992. The van der Waals surface area contributed by atoms with Gasteiger partial charge in [-0.25, -0.2) is 0 Å². The molecule has 3 aromatic carbocycles. The third-order valence-corrected chi connectivity index (χ3v) is 17.7. The first-order valence-electron chi connectivity index (χ1n) is 19.1. The maximum absolute atomic E-state index is 12.9. The highest BCUT2D eigenvalue weighted by Crippen LogP contribution is 2.42. The van der Waals surface area contributed by atoms with Crippen molar-refractivity contribution in [2.45, 2.75) is 0 Å². The Morgan fingerprint density at radius 1 is 0.516 bits per heavy atom. The number of carboxylic acid groups (broad SMARTS) is 1. The standard InChI is InChI=1S/C46H30N4O5S9/c1-47-41(53)37(62-44(47)56)21-31-15-18-34(59-31)25-3-9-28(10-4-25)50(29-11-5-26(6-12-29)35-19-16-32(60-35)22-38-42(54)48(2)45(57)63-38)30-13-7-27(8-14-30)36-20-17-33(61-36)23-39-43(55)49(24-40(51)52)46(58)64-39/h3-23H,24H2,1-2H3,(H,51,52)/b37-21-,38-22+,39-23+. The number of carbonyl (C=O) groups excluding carboxylic acids is 3. The largest absolute Gasteiger partial charge is 0.480 e. The van der Waals surface area contributed by atoms with Crippen LogP contribution in [0.15, 0.2) is 124 Å². The van der Waals surface area contributed by atoms with Crippen molar-refractivity contribution < 1.29 is 24.3 Å². The zero-order valence-corrected chi connectivity index (χ0v) is 40.7. The summed E-state index contributed by atoms with van der Waals surface area (Å²) in [5.74, 6) is -1.70. The van der Waals surface area contributed by atoms with Gasteiger partial charge in [-0.15, -0.1) is 34.0 Å². The number of hydrogen-bond donors (Lipinski definition) is 1. The van der Waals surface area contributed by atoms with Crippen LogP contribution in [0.4, 0.5) is 17.1 Å². The minimum absolute atomic E-state index is 0.0878. The minimum atomic E-state index is -1.12. The van der Waals surface area contributed by atoms with Gasteiger partial charge in [-0.2, -0.15) is 0 Å². The molecule has 0 radical (unpaired) electrons. The Bertz CT molecular complexity index is 2900. The fraction of sp³-hybridized carbons (Fsp3) is 0.0652. The molecule has 0 bridgehead atoms. The second-order valence-corrected chi connectivity index (χ2v) is 22.6. The summed E-state index contributed by atoms with van der Waals surface area (Å²) in [6, 6.07) is 37.3. The highest BCUT2D eigenvalue weighted by atomic mass is 32.2. The predicted octanol–water partition coefficient (Wildman–Crippen LogP) is 12.3. The van der Waals surface area contributed by atoms with Crippen molar-refractivity contribution in [3.8, 4) is 31.3 Å². The number of hydrogen-bond acceptors (Lipinski definition) is 14. The van der Waals surface area contributed by atoms with Gasteiger partial charge in [0, 0.05) is 60.4 Å². The molecule has 3 amide bonds. The van der Waals surface area contributed by atoms with Crippen LogP contribution >= 0.6 is 106 Å². The maximum Gasteiger partial charge on any atom is 0.323 e. The average Bonchev–Trinajstić information content (AvgIpc) is 4.17. The Hall–Kier alpha value is -5.02. The summed E-state index contributed by atoms with van der Waals surface area (Å²) in [5.41, 5.74) is 5.96. The normalized spacial score (nSPS) is 17.4. The molecule has 6 heterocycles. The van der Waals surface area contributed by atoms with Crippen molar-refractivity contribution >= 4 is 178 Å². The number of thiocarbonyl (C=S) groups is 3. The van der Waals surface area contributed by atoms with E-state index in [1.54, 1.807) is 42.8 Å². The van der Waals surface area contributed by atoms with Crippen molar-refractivity contribution in [3.05, 3.63) is 139 Å². The van der Waals surface area contributed by atoms with Crippen molar-refractivity contribution in [2.24, 2.45) is 0 Å². The van der Waals surface area contributed by atoms with E-state index in [4.69, 9.17) is 36.7 Å². The van der Waals surface area contributed by atoms with E-state index in [0.717, 1.165) is 79.7 Å². The summed E-state index contributed by atoms with van der Waals surface area (Å²) >= 11 is 24.4. The summed E-state index contributed by atoms with van der Waals surface area (Å²) < 4.78 is 1.33. The Labute approximate surface area is 408 Å². The summed E-state index contributed by atoms with van der Waals surface area (Å²) in [6.45, 7) is -0.465. The number of amides is 3. The zero-order valence-electron chi connectivity index (χ0n) is 33.4. The van der Waals surface area contributed by atoms with Crippen LogP contribution in [0.2, 0.25) is 0 Å². The van der Waals surface area contributed by atoms with Gasteiger partial charge in [0.15, 0.2) is 0 Å². The first kappa shape index (κ1) is 44.2. The van der Waals surface area contributed by atoms with Gasteiger partial charge in [0.05, 0.1) is 14.7 Å². The van der Waals surface area contributed by atoms with Crippen LogP contribution in [0.1, 0.15) is 14.6 Å².